The summed E-state index contributed by atoms with van der Waals surface area (Å²) in [4.78, 5) is 10.7. The molecule has 0 aromatic heterocycles. The van der Waals surface area contributed by atoms with E-state index in [1.807, 2.05) is 6.92 Å². The van der Waals surface area contributed by atoms with E-state index in [0.717, 1.165) is 19.5 Å². The second-order valence-corrected chi connectivity index (χ2v) is 4.73. The van der Waals surface area contributed by atoms with E-state index in [9.17, 15) is 9.00 Å². The standard InChI is InChI=1S/C9H19NO3S/c1-3-14(12)8-7-10-6-4-5-9(11)13-2/h10H,3-8H2,1-2H3. The molecule has 1 atom stereocenters. The molecule has 14 heavy (non-hydrogen) atoms. The number of rotatable bonds is 8. The third-order valence-electron chi connectivity index (χ3n) is 1.79. The van der Waals surface area contributed by atoms with Gasteiger partial charge in [-0.15, -0.1) is 0 Å². The van der Waals surface area contributed by atoms with Crippen molar-refractivity contribution in [2.75, 3.05) is 31.7 Å². The third kappa shape index (κ3) is 8.19. The summed E-state index contributed by atoms with van der Waals surface area (Å²) >= 11 is 0. The van der Waals surface area contributed by atoms with E-state index in [2.05, 4.69) is 10.1 Å². The molecule has 0 bridgehead atoms. The van der Waals surface area contributed by atoms with Crippen LogP contribution in [0.3, 0.4) is 0 Å². The summed E-state index contributed by atoms with van der Waals surface area (Å²) in [5.41, 5.74) is 0. The normalized spacial score (nSPS) is 12.4. The van der Waals surface area contributed by atoms with Gasteiger partial charge >= 0.3 is 5.97 Å². The first-order valence-corrected chi connectivity index (χ1v) is 6.32. The molecule has 5 heteroatoms. The lowest BCUT2D eigenvalue weighted by Crippen LogP contribution is -2.22. The van der Waals surface area contributed by atoms with Gasteiger partial charge in [-0.2, -0.15) is 0 Å². The van der Waals surface area contributed by atoms with Crippen LogP contribution >= 0.6 is 0 Å². The molecule has 0 aliphatic rings. The molecule has 0 spiro atoms. The molecule has 0 rings (SSSR count). The van der Waals surface area contributed by atoms with Crippen LogP contribution in [0.2, 0.25) is 0 Å². The van der Waals surface area contributed by atoms with Crippen LogP contribution in [0.1, 0.15) is 19.8 Å². The minimum atomic E-state index is -0.697. The van der Waals surface area contributed by atoms with Crippen molar-refractivity contribution < 1.29 is 13.7 Å². The molecule has 1 unspecified atom stereocenters. The first kappa shape index (κ1) is 13.6. The topological polar surface area (TPSA) is 55.4 Å². The van der Waals surface area contributed by atoms with Gasteiger partial charge in [-0.1, -0.05) is 6.92 Å². The SMILES string of the molecule is CCS(=O)CCNCCCC(=O)OC. The molecule has 84 valence electrons. The lowest BCUT2D eigenvalue weighted by Gasteiger charge is -2.03. The van der Waals surface area contributed by atoms with Gasteiger partial charge in [0.25, 0.3) is 0 Å². The Morgan fingerprint density at radius 1 is 1.43 bits per heavy atom. The van der Waals surface area contributed by atoms with E-state index in [1.165, 1.54) is 7.11 Å². The summed E-state index contributed by atoms with van der Waals surface area (Å²) in [7, 11) is 0.692. The van der Waals surface area contributed by atoms with Crippen LogP contribution in [0.4, 0.5) is 0 Å². The molecule has 1 N–H and O–H groups in total. The van der Waals surface area contributed by atoms with Crippen molar-refractivity contribution >= 4 is 16.8 Å². The number of carbonyl (C=O) groups is 1. The number of hydrogen-bond acceptors (Lipinski definition) is 4. The lowest BCUT2D eigenvalue weighted by atomic mass is 10.3. The van der Waals surface area contributed by atoms with Crippen LogP contribution in [0.15, 0.2) is 0 Å². The monoisotopic (exact) mass is 221 g/mol. The first-order chi connectivity index (χ1) is 6.70. The van der Waals surface area contributed by atoms with E-state index in [-0.39, 0.29) is 5.97 Å². The molecule has 0 saturated carbocycles. The molecule has 0 aromatic rings. The lowest BCUT2D eigenvalue weighted by molar-refractivity contribution is -0.140. The second kappa shape index (κ2) is 9.15. The molecular weight excluding hydrogens is 202 g/mol. The second-order valence-electron chi connectivity index (χ2n) is 2.86. The minimum Gasteiger partial charge on any atom is -0.469 e. The van der Waals surface area contributed by atoms with Crippen molar-refractivity contribution in [3.8, 4) is 0 Å². The first-order valence-electron chi connectivity index (χ1n) is 4.83. The fourth-order valence-electron chi connectivity index (χ4n) is 0.915. The maximum absolute atomic E-state index is 11.0. The van der Waals surface area contributed by atoms with Crippen molar-refractivity contribution in [1.82, 2.24) is 5.32 Å². The molecular formula is C9H19NO3S. The Hall–Kier alpha value is -0.420. The van der Waals surface area contributed by atoms with Crippen LogP contribution in [0.5, 0.6) is 0 Å². The Kier molecular flexibility index (Phi) is 8.87. The van der Waals surface area contributed by atoms with Crippen molar-refractivity contribution in [2.45, 2.75) is 19.8 Å². The van der Waals surface area contributed by atoms with Crippen LogP contribution in [-0.4, -0.2) is 41.9 Å². The minimum absolute atomic E-state index is 0.177. The van der Waals surface area contributed by atoms with Crippen LogP contribution < -0.4 is 5.32 Å². The van der Waals surface area contributed by atoms with E-state index in [0.29, 0.717) is 17.9 Å². The number of nitrogens with one attached hydrogen (secondary N) is 1. The molecule has 0 heterocycles. The molecule has 0 radical (unpaired) electrons. The summed E-state index contributed by atoms with van der Waals surface area (Å²) in [6.07, 6.45) is 1.21. The highest BCUT2D eigenvalue weighted by Crippen LogP contribution is 1.89. The highest BCUT2D eigenvalue weighted by atomic mass is 32.2. The summed E-state index contributed by atoms with van der Waals surface area (Å²) in [6.45, 7) is 3.44. The maximum atomic E-state index is 11.0. The average Bonchev–Trinajstić information content (AvgIpc) is 2.22. The predicted octanol–water partition coefficient (Wildman–Crippen LogP) is 0.298. The van der Waals surface area contributed by atoms with Gasteiger partial charge in [0.1, 0.15) is 0 Å². The van der Waals surface area contributed by atoms with Gasteiger partial charge in [-0.25, -0.2) is 0 Å². The van der Waals surface area contributed by atoms with Crippen molar-refractivity contribution in [3.05, 3.63) is 0 Å². The van der Waals surface area contributed by atoms with E-state index >= 15 is 0 Å². The third-order valence-corrected chi connectivity index (χ3v) is 3.09. The summed E-state index contributed by atoms with van der Waals surface area (Å²) in [5.74, 6) is 1.22. The van der Waals surface area contributed by atoms with E-state index in [1.54, 1.807) is 0 Å². The molecule has 0 amide bonds. The largest absolute Gasteiger partial charge is 0.469 e. The average molecular weight is 221 g/mol. The molecule has 0 aliphatic carbocycles. The zero-order valence-electron chi connectivity index (χ0n) is 8.88. The Bertz CT molecular complexity index is 165. The van der Waals surface area contributed by atoms with Gasteiger partial charge in [0.2, 0.25) is 0 Å². The highest BCUT2D eigenvalue weighted by Gasteiger charge is 1.99. The molecule has 0 fully saturated rings. The summed E-state index contributed by atoms with van der Waals surface area (Å²) in [5, 5.41) is 3.13. The van der Waals surface area contributed by atoms with Gasteiger partial charge in [-0.05, 0) is 13.0 Å². The Balaban J connectivity index is 3.14. The van der Waals surface area contributed by atoms with Gasteiger partial charge in [-0.3, -0.25) is 9.00 Å². The van der Waals surface area contributed by atoms with E-state index < -0.39 is 10.8 Å². The number of carbonyl (C=O) groups excluding carboxylic acids is 1. The number of hydrogen-bond donors (Lipinski definition) is 1. The Morgan fingerprint density at radius 3 is 2.71 bits per heavy atom. The van der Waals surface area contributed by atoms with Crippen LogP contribution in [0, 0.1) is 0 Å². The fraction of sp³-hybridized carbons (Fsp3) is 0.889. The zero-order chi connectivity index (χ0) is 10.8. The number of ether oxygens (including phenoxy) is 1. The Morgan fingerprint density at radius 2 is 2.14 bits per heavy atom. The quantitative estimate of drug-likeness (QED) is 0.473. The molecule has 4 nitrogen and oxygen atoms in total. The Labute approximate surface area is 87.9 Å². The van der Waals surface area contributed by atoms with Gasteiger partial charge in [0.05, 0.1) is 7.11 Å². The van der Waals surface area contributed by atoms with Gasteiger partial charge < -0.3 is 10.1 Å². The number of esters is 1. The zero-order valence-corrected chi connectivity index (χ0v) is 9.69. The summed E-state index contributed by atoms with van der Waals surface area (Å²) < 4.78 is 15.5. The van der Waals surface area contributed by atoms with Crippen LogP contribution in [-0.2, 0) is 20.3 Å². The predicted molar refractivity (Wildman–Crippen MR) is 57.7 cm³/mol. The fourth-order valence-corrected chi connectivity index (χ4v) is 1.58. The van der Waals surface area contributed by atoms with Gasteiger partial charge in [0, 0.05) is 35.3 Å². The molecule has 0 aromatic carbocycles. The van der Waals surface area contributed by atoms with Crippen molar-refractivity contribution in [2.24, 2.45) is 0 Å². The smallest absolute Gasteiger partial charge is 0.305 e. The molecule has 0 saturated heterocycles. The van der Waals surface area contributed by atoms with E-state index in [4.69, 9.17) is 0 Å². The van der Waals surface area contributed by atoms with Crippen molar-refractivity contribution in [1.29, 1.82) is 0 Å². The number of methoxy groups -OCH3 is 1. The maximum Gasteiger partial charge on any atom is 0.305 e. The molecule has 0 aliphatic heterocycles. The summed E-state index contributed by atoms with van der Waals surface area (Å²) in [6, 6.07) is 0. The van der Waals surface area contributed by atoms with Crippen LogP contribution in [0.25, 0.3) is 0 Å². The van der Waals surface area contributed by atoms with Crippen molar-refractivity contribution in [3.63, 3.8) is 0 Å². The highest BCUT2D eigenvalue weighted by molar-refractivity contribution is 7.84. The van der Waals surface area contributed by atoms with Gasteiger partial charge in [0.15, 0.2) is 0 Å².